The second kappa shape index (κ2) is 9.56. The van der Waals surface area contributed by atoms with E-state index in [4.69, 9.17) is 0 Å². The zero-order chi connectivity index (χ0) is 24.3. The molecule has 8 nitrogen and oxygen atoms in total. The Bertz CT molecular complexity index is 1520. The summed E-state index contributed by atoms with van der Waals surface area (Å²) in [7, 11) is -2.09. The lowest BCUT2D eigenvalue weighted by Crippen LogP contribution is -2.15. The van der Waals surface area contributed by atoms with Gasteiger partial charge in [0.2, 0.25) is 0 Å². The highest BCUT2D eigenvalue weighted by molar-refractivity contribution is 7.92. The van der Waals surface area contributed by atoms with E-state index in [2.05, 4.69) is 30.8 Å². The quantitative estimate of drug-likeness (QED) is 0.395. The Morgan fingerprint density at radius 1 is 1.12 bits per heavy atom. The van der Waals surface area contributed by atoms with Crippen LogP contribution in [0.25, 0.3) is 22.0 Å². The number of aromatic nitrogens is 4. The van der Waals surface area contributed by atoms with Crippen molar-refractivity contribution in [3.8, 4) is 11.1 Å². The molecule has 3 heterocycles. The maximum Gasteiger partial charge on any atom is 0.265 e. The lowest BCUT2D eigenvalue weighted by atomic mass is 10.0. The van der Waals surface area contributed by atoms with Crippen LogP contribution < -0.4 is 4.72 Å². The van der Waals surface area contributed by atoms with Crippen LogP contribution in [0.2, 0.25) is 0 Å². The highest BCUT2D eigenvalue weighted by Gasteiger charge is 2.24. The molecule has 0 fully saturated rings. The number of fused-ring (bicyclic) bond motifs is 1. The molecular formula is C25H26N6O2S. The summed E-state index contributed by atoms with van der Waals surface area (Å²) in [5.74, 6) is 0. The van der Waals surface area contributed by atoms with E-state index >= 15 is 0 Å². The van der Waals surface area contributed by atoms with Crippen molar-refractivity contribution in [3.63, 3.8) is 0 Å². The predicted molar refractivity (Wildman–Crippen MR) is 135 cm³/mol. The number of rotatable bonds is 7. The fourth-order valence-corrected chi connectivity index (χ4v) is 5.36. The van der Waals surface area contributed by atoms with Crippen molar-refractivity contribution in [1.82, 2.24) is 19.7 Å². The van der Waals surface area contributed by atoms with Gasteiger partial charge in [-0.3, -0.25) is 24.4 Å². The maximum absolute atomic E-state index is 13.1. The van der Waals surface area contributed by atoms with Crippen LogP contribution in [0.1, 0.15) is 23.9 Å². The molecule has 0 aliphatic heterocycles. The molecule has 3 aromatic heterocycles. The fourth-order valence-electron chi connectivity index (χ4n) is 3.89. The third kappa shape index (κ3) is 4.74. The first-order chi connectivity index (χ1) is 16.3. The lowest BCUT2D eigenvalue weighted by molar-refractivity contribution is 0.599. The third-order valence-electron chi connectivity index (χ3n) is 5.55. The first-order valence-electron chi connectivity index (χ1n) is 10.8. The summed E-state index contributed by atoms with van der Waals surface area (Å²) in [6, 6.07) is 9.74. The molecule has 4 aromatic rings. The molecule has 0 spiro atoms. The second-order valence-corrected chi connectivity index (χ2v) is 9.51. The van der Waals surface area contributed by atoms with E-state index in [1.54, 1.807) is 56.5 Å². The first-order valence-corrected chi connectivity index (χ1v) is 12.3. The predicted octanol–water partition coefficient (Wildman–Crippen LogP) is 4.59. The molecule has 1 N–H and O–H groups in total. The molecule has 0 saturated carbocycles. The molecule has 9 heteroatoms. The van der Waals surface area contributed by atoms with Crippen molar-refractivity contribution >= 4 is 32.8 Å². The van der Waals surface area contributed by atoms with Gasteiger partial charge in [-0.1, -0.05) is 12.1 Å². The van der Waals surface area contributed by atoms with Crippen LogP contribution in [0.15, 0.2) is 71.1 Å². The van der Waals surface area contributed by atoms with E-state index in [1.165, 1.54) is 6.20 Å². The third-order valence-corrected chi connectivity index (χ3v) is 7.18. The molecule has 0 aliphatic rings. The van der Waals surface area contributed by atoms with Gasteiger partial charge >= 0.3 is 0 Å². The summed E-state index contributed by atoms with van der Waals surface area (Å²) < 4.78 is 30.3. The van der Waals surface area contributed by atoms with E-state index in [0.29, 0.717) is 17.1 Å². The Labute approximate surface area is 199 Å². The van der Waals surface area contributed by atoms with E-state index in [1.807, 2.05) is 31.2 Å². The van der Waals surface area contributed by atoms with Crippen molar-refractivity contribution in [2.45, 2.75) is 32.1 Å². The van der Waals surface area contributed by atoms with Crippen molar-refractivity contribution in [2.75, 3.05) is 4.72 Å². The van der Waals surface area contributed by atoms with Crippen LogP contribution in [-0.4, -0.2) is 34.4 Å². The summed E-state index contributed by atoms with van der Waals surface area (Å²) in [5, 5.41) is 5.24. The molecular weight excluding hydrogens is 448 g/mol. The SMILES string of the molecule is CC=N/C=C\Cc1ccnc2ccc(-c3cncc(NS(=O)(=O)c4c(C)nn(C)c4C)c3)cc12. The summed E-state index contributed by atoms with van der Waals surface area (Å²) in [6.07, 6.45) is 11.3. The number of aryl methyl sites for hydroxylation is 2. The molecule has 0 bridgehead atoms. The smallest absolute Gasteiger partial charge is 0.265 e. The molecule has 0 aliphatic carbocycles. The average molecular weight is 475 g/mol. The largest absolute Gasteiger partial charge is 0.278 e. The number of anilines is 1. The van der Waals surface area contributed by atoms with Crippen LogP contribution in [-0.2, 0) is 23.5 Å². The van der Waals surface area contributed by atoms with E-state index in [9.17, 15) is 8.42 Å². The average Bonchev–Trinajstić information content (AvgIpc) is 3.08. The Hall–Kier alpha value is -3.85. The van der Waals surface area contributed by atoms with Crippen molar-refractivity contribution in [2.24, 2.45) is 12.0 Å². The summed E-state index contributed by atoms with van der Waals surface area (Å²) in [6.45, 7) is 5.29. The number of nitrogens with zero attached hydrogens (tertiary/aromatic N) is 5. The summed E-state index contributed by atoms with van der Waals surface area (Å²) in [4.78, 5) is 13.0. The van der Waals surface area contributed by atoms with Crippen LogP contribution >= 0.6 is 0 Å². The van der Waals surface area contributed by atoms with Crippen LogP contribution in [0.3, 0.4) is 0 Å². The minimum atomic E-state index is -3.81. The zero-order valence-electron chi connectivity index (χ0n) is 19.5. The molecule has 1 aromatic carbocycles. The van der Waals surface area contributed by atoms with Crippen molar-refractivity contribution in [3.05, 3.63) is 78.1 Å². The number of nitrogens with one attached hydrogen (secondary N) is 1. The van der Waals surface area contributed by atoms with Gasteiger partial charge in [-0.2, -0.15) is 5.10 Å². The Balaban J connectivity index is 1.68. The number of sulfonamides is 1. The molecule has 0 radical (unpaired) electrons. The van der Waals surface area contributed by atoms with Crippen molar-refractivity contribution < 1.29 is 8.42 Å². The molecule has 34 heavy (non-hydrogen) atoms. The summed E-state index contributed by atoms with van der Waals surface area (Å²) >= 11 is 0. The zero-order valence-corrected chi connectivity index (χ0v) is 20.3. The number of hydrogen-bond acceptors (Lipinski definition) is 6. The highest BCUT2D eigenvalue weighted by Crippen LogP contribution is 2.28. The minimum Gasteiger partial charge on any atom is -0.278 e. The minimum absolute atomic E-state index is 0.183. The standard InChI is InChI=1S/C25H26N6O2S/c1-5-26-11-6-7-19-10-12-28-24-9-8-20(14-23(19)24)21-13-22(16-27-15-21)30-34(32,33)25-17(2)29-31(4)18(25)3/h5-6,8-16,30H,7H2,1-4H3/b11-6-,26-5?. The first kappa shape index (κ1) is 23.3. The van der Waals surface area contributed by atoms with Gasteiger partial charge in [0.1, 0.15) is 4.90 Å². The van der Waals surface area contributed by atoms with Crippen LogP contribution in [0, 0.1) is 13.8 Å². The highest BCUT2D eigenvalue weighted by atomic mass is 32.2. The second-order valence-electron chi connectivity index (χ2n) is 7.89. The van der Waals surface area contributed by atoms with Gasteiger partial charge < -0.3 is 0 Å². The number of aliphatic imine (C=N–C) groups is 1. The molecule has 0 unspecified atom stereocenters. The van der Waals surface area contributed by atoms with Gasteiger partial charge in [-0.25, -0.2) is 8.42 Å². The summed E-state index contributed by atoms with van der Waals surface area (Å²) in [5.41, 5.74) is 5.13. The van der Waals surface area contributed by atoms with E-state index in [0.717, 1.165) is 34.0 Å². The van der Waals surface area contributed by atoms with Gasteiger partial charge in [0.15, 0.2) is 0 Å². The monoisotopic (exact) mass is 474 g/mol. The van der Waals surface area contributed by atoms with Gasteiger partial charge in [0, 0.05) is 42.8 Å². The van der Waals surface area contributed by atoms with Gasteiger partial charge in [0.25, 0.3) is 10.0 Å². The number of hydrogen-bond donors (Lipinski definition) is 1. The Kier molecular flexibility index (Phi) is 6.56. The Morgan fingerprint density at radius 3 is 2.68 bits per heavy atom. The number of benzene rings is 1. The fraction of sp³-hybridized carbons (Fsp3) is 0.200. The van der Waals surface area contributed by atoms with Crippen molar-refractivity contribution in [1.29, 1.82) is 0 Å². The van der Waals surface area contributed by atoms with Gasteiger partial charge in [0.05, 0.1) is 28.8 Å². The molecule has 0 atom stereocenters. The number of pyridine rings is 2. The Morgan fingerprint density at radius 2 is 1.94 bits per heavy atom. The maximum atomic E-state index is 13.1. The molecule has 4 rings (SSSR count). The van der Waals surface area contributed by atoms with Crippen LogP contribution in [0.5, 0.6) is 0 Å². The van der Waals surface area contributed by atoms with E-state index < -0.39 is 10.0 Å². The molecule has 0 amide bonds. The number of allylic oxidation sites excluding steroid dienone is 1. The van der Waals surface area contributed by atoms with Gasteiger partial charge in [-0.15, -0.1) is 0 Å². The lowest BCUT2D eigenvalue weighted by Gasteiger charge is -2.11. The van der Waals surface area contributed by atoms with Gasteiger partial charge in [-0.05, 0) is 62.6 Å². The van der Waals surface area contributed by atoms with E-state index in [-0.39, 0.29) is 4.90 Å². The molecule has 0 saturated heterocycles. The van der Waals surface area contributed by atoms with Crippen LogP contribution in [0.4, 0.5) is 5.69 Å². The molecule has 174 valence electrons. The topological polar surface area (TPSA) is 102 Å². The normalized spacial score (nSPS) is 12.2.